The van der Waals surface area contributed by atoms with Crippen LogP contribution in [0, 0.1) is 11.8 Å². The van der Waals surface area contributed by atoms with Crippen molar-refractivity contribution in [2.24, 2.45) is 11.8 Å². The predicted molar refractivity (Wildman–Crippen MR) is 108 cm³/mol. The first kappa shape index (κ1) is 21.5. The Labute approximate surface area is 166 Å². The van der Waals surface area contributed by atoms with Crippen LogP contribution in [-0.2, 0) is 12.8 Å². The summed E-state index contributed by atoms with van der Waals surface area (Å²) < 4.78 is 21.0. The number of ether oxygens (including phenoxy) is 4. The second-order valence-corrected chi connectivity index (χ2v) is 7.06. The van der Waals surface area contributed by atoms with E-state index in [1.165, 1.54) is 28.4 Å². The van der Waals surface area contributed by atoms with Gasteiger partial charge >= 0.3 is 0 Å². The quantitative estimate of drug-likeness (QED) is 0.669. The maximum atomic E-state index is 10.1. The molecule has 28 heavy (non-hydrogen) atoms. The molecule has 0 spiro atoms. The molecule has 0 saturated carbocycles. The number of hydrogen-bond acceptors (Lipinski definition) is 6. The van der Waals surface area contributed by atoms with E-state index in [-0.39, 0.29) is 11.5 Å². The molecule has 2 atom stereocenters. The van der Waals surface area contributed by atoms with Crippen molar-refractivity contribution >= 4 is 0 Å². The molecule has 0 bridgehead atoms. The fourth-order valence-corrected chi connectivity index (χ4v) is 3.28. The van der Waals surface area contributed by atoms with Gasteiger partial charge in [-0.15, -0.1) is 0 Å². The number of phenols is 2. The molecule has 0 heterocycles. The molecular formula is C22H30O6. The normalized spacial score (nSPS) is 12.9. The molecule has 2 rings (SSSR count). The average molecular weight is 390 g/mol. The highest BCUT2D eigenvalue weighted by Gasteiger charge is 2.19. The van der Waals surface area contributed by atoms with Crippen molar-refractivity contribution in [1.82, 2.24) is 0 Å². The van der Waals surface area contributed by atoms with Crippen molar-refractivity contribution in [2.45, 2.75) is 26.7 Å². The molecule has 154 valence electrons. The van der Waals surface area contributed by atoms with Crippen molar-refractivity contribution in [2.75, 3.05) is 28.4 Å². The summed E-state index contributed by atoms with van der Waals surface area (Å²) >= 11 is 0. The molecule has 2 aromatic rings. The Kier molecular flexibility index (Phi) is 7.26. The van der Waals surface area contributed by atoms with E-state index in [2.05, 4.69) is 13.8 Å². The SMILES string of the molecule is COc1cc(C[C@@H](C)[C@@H](C)Cc2cc(OC)c(O)c(OC)c2)cc(OC)c1O. The van der Waals surface area contributed by atoms with E-state index in [1.54, 1.807) is 0 Å². The zero-order valence-corrected chi connectivity index (χ0v) is 17.4. The van der Waals surface area contributed by atoms with Crippen LogP contribution >= 0.6 is 0 Å². The number of phenolic OH excluding ortho intramolecular Hbond substituents is 2. The first-order valence-electron chi connectivity index (χ1n) is 9.22. The fraction of sp³-hybridized carbons (Fsp3) is 0.455. The van der Waals surface area contributed by atoms with Crippen molar-refractivity contribution in [1.29, 1.82) is 0 Å². The summed E-state index contributed by atoms with van der Waals surface area (Å²) in [4.78, 5) is 0. The molecule has 0 unspecified atom stereocenters. The lowest BCUT2D eigenvalue weighted by molar-refractivity contribution is 0.334. The van der Waals surface area contributed by atoms with Gasteiger partial charge in [-0.1, -0.05) is 13.8 Å². The molecular weight excluding hydrogens is 360 g/mol. The van der Waals surface area contributed by atoms with E-state index in [4.69, 9.17) is 18.9 Å². The maximum Gasteiger partial charge on any atom is 0.200 e. The van der Waals surface area contributed by atoms with Gasteiger partial charge < -0.3 is 29.2 Å². The Morgan fingerprint density at radius 3 is 1.07 bits per heavy atom. The Bertz CT molecular complexity index is 684. The van der Waals surface area contributed by atoms with Gasteiger partial charge in [0.15, 0.2) is 23.0 Å². The second-order valence-electron chi connectivity index (χ2n) is 7.06. The van der Waals surface area contributed by atoms with Crippen molar-refractivity contribution < 1.29 is 29.2 Å². The van der Waals surface area contributed by atoms with Crippen molar-refractivity contribution in [3.05, 3.63) is 35.4 Å². The molecule has 0 fully saturated rings. The Hall–Kier alpha value is -2.76. The summed E-state index contributed by atoms with van der Waals surface area (Å²) in [7, 11) is 6.09. The highest BCUT2D eigenvalue weighted by molar-refractivity contribution is 5.53. The summed E-state index contributed by atoms with van der Waals surface area (Å²) in [6.45, 7) is 4.37. The van der Waals surface area contributed by atoms with E-state index in [9.17, 15) is 10.2 Å². The number of rotatable bonds is 9. The number of methoxy groups -OCH3 is 4. The third-order valence-corrected chi connectivity index (χ3v) is 5.17. The zero-order valence-electron chi connectivity index (χ0n) is 17.4. The van der Waals surface area contributed by atoms with Crippen LogP contribution in [0.1, 0.15) is 25.0 Å². The van der Waals surface area contributed by atoms with Gasteiger partial charge in [0.1, 0.15) is 0 Å². The van der Waals surface area contributed by atoms with Crippen LogP contribution in [0.15, 0.2) is 24.3 Å². The van der Waals surface area contributed by atoms with Crippen LogP contribution in [0.2, 0.25) is 0 Å². The van der Waals surface area contributed by atoms with Gasteiger partial charge in [-0.05, 0) is 60.1 Å². The van der Waals surface area contributed by atoms with Crippen molar-refractivity contribution in [3.8, 4) is 34.5 Å². The molecule has 0 aromatic heterocycles. The summed E-state index contributed by atoms with van der Waals surface area (Å²) in [5.41, 5.74) is 2.07. The lowest BCUT2D eigenvalue weighted by Gasteiger charge is -2.22. The molecule has 2 aromatic carbocycles. The molecule has 0 saturated heterocycles. The van der Waals surface area contributed by atoms with Gasteiger partial charge in [0.05, 0.1) is 28.4 Å². The van der Waals surface area contributed by atoms with Crippen LogP contribution in [0.3, 0.4) is 0 Å². The molecule has 0 amide bonds. The van der Waals surface area contributed by atoms with Gasteiger partial charge in [0.25, 0.3) is 0 Å². The topological polar surface area (TPSA) is 77.4 Å². The van der Waals surface area contributed by atoms with Crippen LogP contribution in [0.4, 0.5) is 0 Å². The first-order chi connectivity index (χ1) is 13.3. The fourth-order valence-electron chi connectivity index (χ4n) is 3.28. The highest BCUT2D eigenvalue weighted by Crippen LogP contribution is 2.39. The Morgan fingerprint density at radius 1 is 0.607 bits per heavy atom. The minimum atomic E-state index is 0.0118. The van der Waals surface area contributed by atoms with Crippen LogP contribution in [-0.4, -0.2) is 38.7 Å². The second kappa shape index (κ2) is 9.44. The number of hydrogen-bond donors (Lipinski definition) is 2. The minimum Gasteiger partial charge on any atom is -0.502 e. The van der Waals surface area contributed by atoms with Crippen LogP contribution in [0.5, 0.6) is 34.5 Å². The van der Waals surface area contributed by atoms with Gasteiger partial charge in [-0.2, -0.15) is 0 Å². The summed E-state index contributed by atoms with van der Waals surface area (Å²) in [6, 6.07) is 7.36. The van der Waals surface area contributed by atoms with Gasteiger partial charge in [-0.3, -0.25) is 0 Å². The molecule has 0 aliphatic carbocycles. The number of aromatic hydroxyl groups is 2. The monoisotopic (exact) mass is 390 g/mol. The van der Waals surface area contributed by atoms with Gasteiger partial charge in [-0.25, -0.2) is 0 Å². The smallest absolute Gasteiger partial charge is 0.200 e. The van der Waals surface area contributed by atoms with E-state index in [0.29, 0.717) is 34.8 Å². The largest absolute Gasteiger partial charge is 0.502 e. The predicted octanol–water partition coefficient (Wildman–Crippen LogP) is 4.19. The Morgan fingerprint density at radius 2 is 0.857 bits per heavy atom. The molecule has 0 aliphatic rings. The van der Waals surface area contributed by atoms with Crippen LogP contribution in [0.25, 0.3) is 0 Å². The molecule has 2 N–H and O–H groups in total. The maximum absolute atomic E-state index is 10.1. The third kappa shape index (κ3) is 4.74. The third-order valence-electron chi connectivity index (χ3n) is 5.17. The number of benzene rings is 2. The molecule has 0 aliphatic heterocycles. The highest BCUT2D eigenvalue weighted by atomic mass is 16.5. The van der Waals surface area contributed by atoms with Crippen molar-refractivity contribution in [3.63, 3.8) is 0 Å². The lowest BCUT2D eigenvalue weighted by Crippen LogP contribution is -2.14. The summed E-state index contributed by atoms with van der Waals surface area (Å²) in [5, 5.41) is 20.2. The lowest BCUT2D eigenvalue weighted by atomic mass is 9.85. The van der Waals surface area contributed by atoms with Gasteiger partial charge in [0.2, 0.25) is 11.5 Å². The van der Waals surface area contributed by atoms with E-state index >= 15 is 0 Å². The minimum absolute atomic E-state index is 0.0118. The van der Waals surface area contributed by atoms with Gasteiger partial charge in [0, 0.05) is 0 Å². The van der Waals surface area contributed by atoms with E-state index in [0.717, 1.165) is 24.0 Å². The average Bonchev–Trinajstić information content (AvgIpc) is 2.69. The first-order valence-corrected chi connectivity index (χ1v) is 9.22. The van der Waals surface area contributed by atoms with E-state index in [1.807, 2.05) is 24.3 Å². The summed E-state index contributed by atoms with van der Waals surface area (Å²) in [5.74, 6) is 2.35. The zero-order chi connectivity index (χ0) is 20.8. The molecule has 6 nitrogen and oxygen atoms in total. The van der Waals surface area contributed by atoms with E-state index < -0.39 is 0 Å². The molecule has 6 heteroatoms. The summed E-state index contributed by atoms with van der Waals surface area (Å²) in [6.07, 6.45) is 1.61. The Balaban J connectivity index is 2.16. The standard InChI is InChI=1S/C22H30O6/c1-13(7-15-9-17(25-3)21(23)18(10-15)26-4)14(2)8-16-11-19(27-5)22(24)20(12-16)28-6/h9-14,23-24H,7-8H2,1-6H3/t13-,14+. The molecule has 0 radical (unpaired) electrons. The van der Waals surface area contributed by atoms with Crippen LogP contribution < -0.4 is 18.9 Å².